The van der Waals surface area contributed by atoms with E-state index in [0.29, 0.717) is 5.82 Å². The van der Waals surface area contributed by atoms with E-state index in [1.165, 1.54) is 12.1 Å². The van der Waals surface area contributed by atoms with Crippen LogP contribution in [0.15, 0.2) is 12.1 Å². The third-order valence-electron chi connectivity index (χ3n) is 2.45. The van der Waals surface area contributed by atoms with Crippen molar-refractivity contribution in [2.45, 2.75) is 39.3 Å². The number of hydrazine groups is 1. The molecular formula is C13H20ClN5O2. The van der Waals surface area contributed by atoms with Gasteiger partial charge in [0.15, 0.2) is 0 Å². The van der Waals surface area contributed by atoms with E-state index in [-0.39, 0.29) is 22.2 Å². The third kappa shape index (κ3) is 5.20. The standard InChI is InChI=1S/C13H20ClN5O2/c1-7(11(20)18-13(2,3)4)16-12(21)10-8(14)5-6-9(17-10)19-15/h5-7H,15H2,1-4H3,(H,16,21)(H,17,19)(H,18,20). The molecule has 1 unspecified atom stereocenters. The fraction of sp³-hybridized carbons (Fsp3) is 0.462. The van der Waals surface area contributed by atoms with Crippen LogP contribution in [0, 0.1) is 0 Å². The van der Waals surface area contributed by atoms with Crippen molar-refractivity contribution in [1.29, 1.82) is 0 Å². The molecule has 0 fully saturated rings. The molecular weight excluding hydrogens is 294 g/mol. The Bertz CT molecular complexity index is 542. The summed E-state index contributed by atoms with van der Waals surface area (Å²) in [5, 5.41) is 5.49. The SMILES string of the molecule is CC(NC(=O)c1nc(NN)ccc1Cl)C(=O)NC(C)(C)C. The largest absolute Gasteiger partial charge is 0.350 e. The van der Waals surface area contributed by atoms with Crippen molar-refractivity contribution < 1.29 is 9.59 Å². The summed E-state index contributed by atoms with van der Waals surface area (Å²) in [5.74, 6) is 4.70. The molecule has 0 aliphatic rings. The van der Waals surface area contributed by atoms with Gasteiger partial charge in [0.2, 0.25) is 5.91 Å². The fourth-order valence-electron chi connectivity index (χ4n) is 1.49. The molecule has 7 nitrogen and oxygen atoms in total. The average molecular weight is 314 g/mol. The lowest BCUT2D eigenvalue weighted by Crippen LogP contribution is -2.51. The monoisotopic (exact) mass is 313 g/mol. The number of hydrogen-bond donors (Lipinski definition) is 4. The zero-order valence-corrected chi connectivity index (χ0v) is 13.2. The maximum atomic E-state index is 12.1. The predicted octanol–water partition coefficient (Wildman–Crippen LogP) is 1.05. The van der Waals surface area contributed by atoms with Gasteiger partial charge in [0.25, 0.3) is 5.91 Å². The van der Waals surface area contributed by atoms with E-state index in [2.05, 4.69) is 21.0 Å². The van der Waals surface area contributed by atoms with Crippen molar-refractivity contribution in [3.63, 3.8) is 0 Å². The van der Waals surface area contributed by atoms with Gasteiger partial charge in [-0.3, -0.25) is 9.59 Å². The summed E-state index contributed by atoms with van der Waals surface area (Å²) in [7, 11) is 0. The zero-order valence-electron chi connectivity index (χ0n) is 12.5. The Balaban J connectivity index is 2.79. The van der Waals surface area contributed by atoms with Crippen LogP contribution in [-0.4, -0.2) is 28.4 Å². The summed E-state index contributed by atoms with van der Waals surface area (Å²) in [6, 6.07) is 2.32. The Morgan fingerprint density at radius 1 is 1.33 bits per heavy atom. The minimum absolute atomic E-state index is 0.00234. The second-order valence-corrected chi connectivity index (χ2v) is 6.01. The maximum Gasteiger partial charge on any atom is 0.272 e. The molecule has 1 aromatic heterocycles. The predicted molar refractivity (Wildman–Crippen MR) is 81.9 cm³/mol. The molecule has 21 heavy (non-hydrogen) atoms. The van der Waals surface area contributed by atoms with Crippen LogP contribution in [0.25, 0.3) is 0 Å². The van der Waals surface area contributed by atoms with Crippen LogP contribution in [0.3, 0.4) is 0 Å². The van der Waals surface area contributed by atoms with Crippen LogP contribution < -0.4 is 21.9 Å². The number of aromatic nitrogens is 1. The number of amides is 2. The summed E-state index contributed by atoms with van der Waals surface area (Å²) >= 11 is 5.93. The van der Waals surface area contributed by atoms with E-state index in [9.17, 15) is 9.59 Å². The second-order valence-electron chi connectivity index (χ2n) is 5.61. The molecule has 0 saturated heterocycles. The fourth-order valence-corrected chi connectivity index (χ4v) is 1.68. The van der Waals surface area contributed by atoms with Gasteiger partial charge in [0.1, 0.15) is 17.6 Å². The number of nitrogens with two attached hydrogens (primary N) is 1. The molecule has 8 heteroatoms. The molecule has 0 saturated carbocycles. The maximum absolute atomic E-state index is 12.1. The van der Waals surface area contributed by atoms with E-state index < -0.39 is 11.9 Å². The third-order valence-corrected chi connectivity index (χ3v) is 2.75. The van der Waals surface area contributed by atoms with Crippen LogP contribution >= 0.6 is 11.6 Å². The van der Waals surface area contributed by atoms with Gasteiger partial charge in [-0.1, -0.05) is 11.6 Å². The van der Waals surface area contributed by atoms with Crippen molar-refractivity contribution >= 4 is 29.2 Å². The normalized spacial score (nSPS) is 12.5. The summed E-state index contributed by atoms with van der Waals surface area (Å²) in [4.78, 5) is 28.0. The number of rotatable bonds is 4. The first-order chi connectivity index (χ1) is 9.64. The highest BCUT2D eigenvalue weighted by molar-refractivity contribution is 6.33. The summed E-state index contributed by atoms with van der Waals surface area (Å²) in [5.41, 5.74) is 1.95. The molecule has 0 aromatic carbocycles. The van der Waals surface area contributed by atoms with Gasteiger partial charge in [-0.05, 0) is 39.8 Å². The first-order valence-electron chi connectivity index (χ1n) is 6.40. The lowest BCUT2D eigenvalue weighted by molar-refractivity contribution is -0.124. The molecule has 0 radical (unpaired) electrons. The van der Waals surface area contributed by atoms with Gasteiger partial charge in [-0.15, -0.1) is 0 Å². The molecule has 0 spiro atoms. The van der Waals surface area contributed by atoms with E-state index in [1.807, 2.05) is 20.8 Å². The van der Waals surface area contributed by atoms with Gasteiger partial charge in [0.05, 0.1) is 5.02 Å². The lowest BCUT2D eigenvalue weighted by atomic mass is 10.1. The Morgan fingerprint density at radius 3 is 2.48 bits per heavy atom. The zero-order chi connectivity index (χ0) is 16.2. The molecule has 5 N–H and O–H groups in total. The second kappa shape index (κ2) is 6.73. The number of nitrogens with one attached hydrogen (secondary N) is 3. The number of pyridine rings is 1. The molecule has 1 atom stereocenters. The number of nitrogens with zero attached hydrogens (tertiary/aromatic N) is 1. The number of halogens is 1. The highest BCUT2D eigenvalue weighted by Crippen LogP contribution is 2.16. The minimum Gasteiger partial charge on any atom is -0.350 e. The van der Waals surface area contributed by atoms with Crippen LogP contribution in [0.4, 0.5) is 5.82 Å². The average Bonchev–Trinajstić information content (AvgIpc) is 2.37. The number of nitrogen functional groups attached to an aromatic ring is 1. The first kappa shape index (κ1) is 17.2. The molecule has 0 aliphatic carbocycles. The number of hydrogen-bond acceptors (Lipinski definition) is 5. The van der Waals surface area contributed by atoms with E-state index in [1.54, 1.807) is 6.92 Å². The van der Waals surface area contributed by atoms with E-state index >= 15 is 0 Å². The van der Waals surface area contributed by atoms with Crippen LogP contribution in [0.5, 0.6) is 0 Å². The van der Waals surface area contributed by atoms with Crippen LogP contribution in [-0.2, 0) is 4.79 Å². The van der Waals surface area contributed by atoms with Gasteiger partial charge < -0.3 is 16.1 Å². The molecule has 1 aromatic rings. The Kier molecular flexibility index (Phi) is 5.51. The molecule has 1 heterocycles. The molecule has 0 bridgehead atoms. The van der Waals surface area contributed by atoms with Gasteiger partial charge in [-0.2, -0.15) is 0 Å². The lowest BCUT2D eigenvalue weighted by Gasteiger charge is -2.23. The summed E-state index contributed by atoms with van der Waals surface area (Å²) < 4.78 is 0. The van der Waals surface area contributed by atoms with E-state index in [4.69, 9.17) is 17.4 Å². The molecule has 116 valence electrons. The smallest absolute Gasteiger partial charge is 0.272 e. The van der Waals surface area contributed by atoms with Gasteiger partial charge in [0, 0.05) is 5.54 Å². The van der Waals surface area contributed by atoms with Gasteiger partial charge in [-0.25, -0.2) is 10.8 Å². The molecule has 2 amide bonds. The summed E-state index contributed by atoms with van der Waals surface area (Å²) in [6.07, 6.45) is 0. The van der Waals surface area contributed by atoms with Gasteiger partial charge >= 0.3 is 0 Å². The van der Waals surface area contributed by atoms with E-state index in [0.717, 1.165) is 0 Å². The molecule has 1 rings (SSSR count). The highest BCUT2D eigenvalue weighted by Gasteiger charge is 2.22. The highest BCUT2D eigenvalue weighted by atomic mass is 35.5. The van der Waals surface area contributed by atoms with Crippen LogP contribution in [0.2, 0.25) is 5.02 Å². The van der Waals surface area contributed by atoms with Crippen molar-refractivity contribution in [3.8, 4) is 0 Å². The minimum atomic E-state index is -0.718. The Labute approximate surface area is 128 Å². The molecule has 0 aliphatic heterocycles. The van der Waals surface area contributed by atoms with Crippen molar-refractivity contribution in [2.24, 2.45) is 5.84 Å². The van der Waals surface area contributed by atoms with Crippen molar-refractivity contribution in [3.05, 3.63) is 22.8 Å². The quantitative estimate of drug-likeness (QED) is 0.491. The Morgan fingerprint density at radius 2 is 1.95 bits per heavy atom. The number of anilines is 1. The van der Waals surface area contributed by atoms with Crippen molar-refractivity contribution in [1.82, 2.24) is 15.6 Å². The van der Waals surface area contributed by atoms with Crippen molar-refractivity contribution in [2.75, 3.05) is 5.43 Å². The first-order valence-corrected chi connectivity index (χ1v) is 6.78. The summed E-state index contributed by atoms with van der Waals surface area (Å²) in [6.45, 7) is 7.15. The number of carbonyl (C=O) groups is 2. The van der Waals surface area contributed by atoms with Crippen LogP contribution in [0.1, 0.15) is 38.2 Å². The number of carbonyl (C=O) groups excluding carboxylic acids is 2. The topological polar surface area (TPSA) is 109 Å². The Hall–Kier alpha value is -1.86.